The Morgan fingerprint density at radius 2 is 1.68 bits per heavy atom. The summed E-state index contributed by atoms with van der Waals surface area (Å²) in [5.74, 6) is -0.0124. The van der Waals surface area contributed by atoms with Gasteiger partial charge in [0.05, 0.1) is 31.4 Å². The van der Waals surface area contributed by atoms with E-state index in [9.17, 15) is 17.6 Å². The molecule has 34 heavy (non-hydrogen) atoms. The van der Waals surface area contributed by atoms with Gasteiger partial charge in [0, 0.05) is 17.8 Å². The molecule has 1 N–H and O–H groups in total. The number of nitrogens with zero attached hydrogens (tertiary/aromatic N) is 1. The number of carbonyl (C=O) groups is 1. The molecule has 0 aliphatic heterocycles. The molecule has 1 amide bonds. The normalized spacial score (nSPS) is 10.9. The van der Waals surface area contributed by atoms with Crippen molar-refractivity contribution in [3.8, 4) is 17.2 Å². The van der Waals surface area contributed by atoms with Gasteiger partial charge in [-0.2, -0.15) is 0 Å². The van der Waals surface area contributed by atoms with Crippen LogP contribution >= 0.6 is 0 Å². The number of amides is 1. The Morgan fingerprint density at radius 1 is 0.971 bits per heavy atom. The molecule has 3 rings (SSSR count). The maximum absolute atomic E-state index is 13.5. The molecule has 0 bridgehead atoms. The van der Waals surface area contributed by atoms with Crippen molar-refractivity contribution in [3.63, 3.8) is 0 Å². The van der Waals surface area contributed by atoms with Crippen LogP contribution in [0.3, 0.4) is 0 Å². The number of sulfonamides is 1. The molecule has 0 atom stereocenters. The van der Waals surface area contributed by atoms with Gasteiger partial charge in [-0.25, -0.2) is 12.8 Å². The lowest BCUT2D eigenvalue weighted by Gasteiger charge is -2.24. The third-order valence-corrected chi connectivity index (χ3v) is 6.54. The summed E-state index contributed by atoms with van der Waals surface area (Å²) < 4.78 is 57.3. The molecule has 180 valence electrons. The standard InChI is InChI=1S/C24H25FN2O6S/c1-4-33-20-7-5-6-18(14-20)26-24(28)16-27(19-10-8-17(25)9-11-19)34(29,30)21-12-13-22(31-2)23(15-21)32-3/h5-15H,4,16H2,1-3H3,(H,26,28). The lowest BCUT2D eigenvalue weighted by atomic mass is 10.3. The predicted octanol–water partition coefficient (Wildman–Crippen LogP) is 4.08. The van der Waals surface area contributed by atoms with Crippen molar-refractivity contribution in [3.05, 3.63) is 72.5 Å². The molecule has 0 aliphatic rings. The first-order valence-corrected chi connectivity index (χ1v) is 11.8. The van der Waals surface area contributed by atoms with E-state index in [1.165, 1.54) is 44.6 Å². The fraction of sp³-hybridized carbons (Fsp3) is 0.208. The lowest BCUT2D eigenvalue weighted by Crippen LogP contribution is -2.38. The van der Waals surface area contributed by atoms with E-state index in [-0.39, 0.29) is 16.3 Å². The number of halogens is 1. The molecule has 0 saturated carbocycles. The SMILES string of the molecule is CCOc1cccc(NC(=O)CN(c2ccc(F)cc2)S(=O)(=O)c2ccc(OC)c(OC)c2)c1. The minimum atomic E-state index is -4.24. The van der Waals surface area contributed by atoms with E-state index in [0.29, 0.717) is 23.8 Å². The van der Waals surface area contributed by atoms with Crippen molar-refractivity contribution < 1.29 is 31.8 Å². The van der Waals surface area contributed by atoms with E-state index in [1.54, 1.807) is 24.3 Å². The van der Waals surface area contributed by atoms with Gasteiger partial charge in [0.2, 0.25) is 5.91 Å². The summed E-state index contributed by atoms with van der Waals surface area (Å²) in [4.78, 5) is 12.7. The fourth-order valence-electron chi connectivity index (χ4n) is 3.19. The fourth-order valence-corrected chi connectivity index (χ4v) is 4.62. The number of carbonyl (C=O) groups excluding carboxylic acids is 1. The zero-order valence-electron chi connectivity index (χ0n) is 18.9. The average molecular weight is 489 g/mol. The molecule has 0 heterocycles. The van der Waals surface area contributed by atoms with Crippen LogP contribution < -0.4 is 23.8 Å². The maximum atomic E-state index is 13.5. The van der Waals surface area contributed by atoms with E-state index in [4.69, 9.17) is 14.2 Å². The van der Waals surface area contributed by atoms with E-state index >= 15 is 0 Å². The summed E-state index contributed by atoms with van der Waals surface area (Å²) in [6.45, 7) is 1.74. The van der Waals surface area contributed by atoms with Crippen LogP contribution in [-0.2, 0) is 14.8 Å². The number of anilines is 2. The molecule has 8 nitrogen and oxygen atoms in total. The van der Waals surface area contributed by atoms with Crippen LogP contribution in [0.4, 0.5) is 15.8 Å². The topological polar surface area (TPSA) is 94.2 Å². The van der Waals surface area contributed by atoms with Crippen LogP contribution in [0.5, 0.6) is 17.2 Å². The van der Waals surface area contributed by atoms with Gasteiger partial charge in [-0.15, -0.1) is 0 Å². The Hall–Kier alpha value is -3.79. The minimum Gasteiger partial charge on any atom is -0.494 e. The smallest absolute Gasteiger partial charge is 0.264 e. The summed E-state index contributed by atoms with van der Waals surface area (Å²) in [5, 5.41) is 2.67. The van der Waals surface area contributed by atoms with Crippen molar-refractivity contribution in [1.29, 1.82) is 0 Å². The lowest BCUT2D eigenvalue weighted by molar-refractivity contribution is -0.114. The second-order valence-corrected chi connectivity index (χ2v) is 8.88. The van der Waals surface area contributed by atoms with E-state index in [0.717, 1.165) is 16.4 Å². The highest BCUT2D eigenvalue weighted by Crippen LogP contribution is 2.32. The molecule has 0 saturated heterocycles. The molecule has 3 aromatic carbocycles. The first-order valence-electron chi connectivity index (χ1n) is 10.3. The summed E-state index contributed by atoms with van der Waals surface area (Å²) in [7, 11) is -1.42. The maximum Gasteiger partial charge on any atom is 0.264 e. The van der Waals surface area contributed by atoms with E-state index in [2.05, 4.69) is 5.32 Å². The van der Waals surface area contributed by atoms with Gasteiger partial charge in [0.25, 0.3) is 10.0 Å². The van der Waals surface area contributed by atoms with Gasteiger partial charge < -0.3 is 19.5 Å². The first kappa shape index (κ1) is 24.8. The van der Waals surface area contributed by atoms with Gasteiger partial charge in [-0.05, 0) is 55.5 Å². The van der Waals surface area contributed by atoms with Crippen LogP contribution in [-0.4, -0.2) is 41.7 Å². The third-order valence-electron chi connectivity index (χ3n) is 4.77. The van der Waals surface area contributed by atoms with E-state index in [1.807, 2.05) is 6.92 Å². The van der Waals surface area contributed by atoms with Crippen LogP contribution in [0.25, 0.3) is 0 Å². The number of hydrogen-bond acceptors (Lipinski definition) is 6. The number of benzene rings is 3. The largest absolute Gasteiger partial charge is 0.494 e. The summed E-state index contributed by atoms with van der Waals surface area (Å²) in [6, 6.07) is 15.7. The van der Waals surface area contributed by atoms with Crippen molar-refractivity contribution in [1.82, 2.24) is 0 Å². The number of rotatable bonds is 10. The molecule has 3 aromatic rings. The highest BCUT2D eigenvalue weighted by atomic mass is 32.2. The Labute approximate surface area is 197 Å². The quantitative estimate of drug-likeness (QED) is 0.462. The monoisotopic (exact) mass is 488 g/mol. The zero-order chi connectivity index (χ0) is 24.7. The third kappa shape index (κ3) is 5.76. The predicted molar refractivity (Wildman–Crippen MR) is 127 cm³/mol. The molecular formula is C24H25FN2O6S. The van der Waals surface area contributed by atoms with Crippen LogP contribution in [0.15, 0.2) is 71.6 Å². The second kappa shape index (κ2) is 10.9. The Balaban J connectivity index is 1.95. The molecule has 0 aliphatic carbocycles. The van der Waals surface area contributed by atoms with Gasteiger partial charge in [0.1, 0.15) is 18.1 Å². The van der Waals surface area contributed by atoms with Crippen molar-refractivity contribution in [2.45, 2.75) is 11.8 Å². The average Bonchev–Trinajstić information content (AvgIpc) is 2.83. The molecule has 0 fully saturated rings. The second-order valence-electron chi connectivity index (χ2n) is 7.01. The van der Waals surface area contributed by atoms with Crippen LogP contribution in [0.1, 0.15) is 6.92 Å². The molecule has 0 spiro atoms. The minimum absolute atomic E-state index is 0.120. The summed E-state index contributed by atoms with van der Waals surface area (Å²) in [6.07, 6.45) is 0. The highest BCUT2D eigenvalue weighted by Gasteiger charge is 2.28. The molecule has 10 heteroatoms. The number of nitrogens with one attached hydrogen (secondary N) is 1. The van der Waals surface area contributed by atoms with Gasteiger partial charge in [0.15, 0.2) is 11.5 Å². The van der Waals surface area contributed by atoms with Crippen LogP contribution in [0, 0.1) is 5.82 Å². The van der Waals surface area contributed by atoms with Crippen molar-refractivity contribution >= 4 is 27.3 Å². The summed E-state index contributed by atoms with van der Waals surface area (Å²) in [5.41, 5.74) is 0.563. The van der Waals surface area contributed by atoms with Gasteiger partial charge >= 0.3 is 0 Å². The van der Waals surface area contributed by atoms with Gasteiger partial charge in [-0.3, -0.25) is 9.10 Å². The Bertz CT molecular complexity index is 1250. The number of ether oxygens (including phenoxy) is 3. The highest BCUT2D eigenvalue weighted by molar-refractivity contribution is 7.92. The molecule has 0 aromatic heterocycles. The van der Waals surface area contributed by atoms with Crippen molar-refractivity contribution in [2.75, 3.05) is 37.0 Å². The Morgan fingerprint density at radius 3 is 2.32 bits per heavy atom. The van der Waals surface area contributed by atoms with E-state index < -0.39 is 28.3 Å². The molecule has 0 unspecified atom stereocenters. The zero-order valence-corrected chi connectivity index (χ0v) is 19.8. The Kier molecular flexibility index (Phi) is 7.95. The number of hydrogen-bond donors (Lipinski definition) is 1. The summed E-state index contributed by atoms with van der Waals surface area (Å²) >= 11 is 0. The van der Waals surface area contributed by atoms with Crippen LogP contribution in [0.2, 0.25) is 0 Å². The van der Waals surface area contributed by atoms with Gasteiger partial charge in [-0.1, -0.05) is 6.07 Å². The molecule has 0 radical (unpaired) electrons. The first-order chi connectivity index (χ1) is 16.3. The number of methoxy groups -OCH3 is 2. The molecular weight excluding hydrogens is 463 g/mol. The van der Waals surface area contributed by atoms with Crippen molar-refractivity contribution in [2.24, 2.45) is 0 Å².